The van der Waals surface area contributed by atoms with Crippen LogP contribution in [0.1, 0.15) is 55.9 Å². The maximum atomic E-state index is 13.2. The highest BCUT2D eigenvalue weighted by Gasteiger charge is 2.57. The molecule has 0 aliphatic heterocycles. The van der Waals surface area contributed by atoms with Crippen LogP contribution >= 0.6 is 0 Å². The van der Waals surface area contributed by atoms with Gasteiger partial charge in [-0.1, -0.05) is 18.2 Å². The minimum atomic E-state index is -0.302. The van der Waals surface area contributed by atoms with Crippen LogP contribution in [-0.4, -0.2) is 23.3 Å². The SMILES string of the molecule is CCOc1cccc2ccc(C(=O)CC3C4CC5CC3CC(C(N)=O)(C5)C4)nc12. The highest BCUT2D eigenvalue weighted by molar-refractivity contribution is 5.97. The van der Waals surface area contributed by atoms with E-state index in [-0.39, 0.29) is 17.1 Å². The second-order valence-electron chi connectivity index (χ2n) is 9.36. The van der Waals surface area contributed by atoms with Crippen molar-refractivity contribution in [3.63, 3.8) is 0 Å². The lowest BCUT2D eigenvalue weighted by Crippen LogP contribution is -2.56. The lowest BCUT2D eigenvalue weighted by atomic mass is 9.45. The van der Waals surface area contributed by atoms with Crippen molar-refractivity contribution < 1.29 is 14.3 Å². The smallest absolute Gasteiger partial charge is 0.223 e. The molecule has 4 fully saturated rings. The first-order valence-electron chi connectivity index (χ1n) is 10.8. The molecule has 2 N–H and O–H groups in total. The van der Waals surface area contributed by atoms with Gasteiger partial charge in [-0.3, -0.25) is 9.59 Å². The number of carbonyl (C=O) groups is 2. The van der Waals surface area contributed by atoms with Crippen LogP contribution in [0.5, 0.6) is 5.75 Å². The molecule has 4 aliphatic rings. The predicted octanol–water partition coefficient (Wildman–Crippen LogP) is 4.13. The van der Waals surface area contributed by atoms with E-state index in [1.807, 2.05) is 37.3 Å². The average Bonchev–Trinajstić information content (AvgIpc) is 2.70. The number of amides is 1. The molecule has 29 heavy (non-hydrogen) atoms. The Morgan fingerprint density at radius 2 is 1.90 bits per heavy atom. The van der Waals surface area contributed by atoms with Crippen LogP contribution in [-0.2, 0) is 4.79 Å². The first kappa shape index (κ1) is 18.6. The van der Waals surface area contributed by atoms with Gasteiger partial charge in [0, 0.05) is 17.2 Å². The van der Waals surface area contributed by atoms with E-state index in [1.54, 1.807) is 0 Å². The summed E-state index contributed by atoms with van der Waals surface area (Å²) in [6.45, 7) is 2.51. The number of pyridine rings is 1. The van der Waals surface area contributed by atoms with Crippen molar-refractivity contribution in [1.82, 2.24) is 4.98 Å². The van der Waals surface area contributed by atoms with E-state index in [1.165, 1.54) is 0 Å². The molecular weight excluding hydrogens is 364 g/mol. The number of carbonyl (C=O) groups excluding carboxylic acids is 2. The summed E-state index contributed by atoms with van der Waals surface area (Å²) in [6.07, 6.45) is 5.50. The Morgan fingerprint density at radius 1 is 1.14 bits per heavy atom. The first-order valence-corrected chi connectivity index (χ1v) is 10.8. The molecule has 0 saturated heterocycles. The number of fused-ring (bicyclic) bond motifs is 1. The van der Waals surface area contributed by atoms with Crippen molar-refractivity contribution in [2.75, 3.05) is 6.61 Å². The normalized spacial score (nSPS) is 32.4. The highest BCUT2D eigenvalue weighted by atomic mass is 16.5. The molecule has 5 heteroatoms. The molecule has 2 unspecified atom stereocenters. The molecule has 4 saturated carbocycles. The minimum absolute atomic E-state index is 0.101. The Kier molecular flexibility index (Phi) is 4.37. The second-order valence-corrected chi connectivity index (χ2v) is 9.36. The lowest BCUT2D eigenvalue weighted by molar-refractivity contribution is -0.149. The van der Waals surface area contributed by atoms with Crippen LogP contribution in [0.25, 0.3) is 10.9 Å². The molecule has 6 rings (SSSR count). The highest BCUT2D eigenvalue weighted by Crippen LogP contribution is 2.62. The Bertz CT molecular complexity index is 969. The Labute approximate surface area is 171 Å². The fraction of sp³-hybridized carbons (Fsp3) is 0.542. The van der Waals surface area contributed by atoms with Gasteiger partial charge < -0.3 is 10.5 Å². The third kappa shape index (κ3) is 3.02. The molecule has 1 aromatic carbocycles. The molecule has 0 radical (unpaired) electrons. The molecule has 2 atom stereocenters. The van der Waals surface area contributed by atoms with Crippen LogP contribution in [0.2, 0.25) is 0 Å². The number of Topliss-reactive ketones (excluding diaryl/α,β-unsaturated/α-hetero) is 1. The minimum Gasteiger partial charge on any atom is -0.492 e. The molecule has 2 aromatic rings. The summed E-state index contributed by atoms with van der Waals surface area (Å²) in [5.74, 6) is 2.54. The molecule has 1 heterocycles. The van der Waals surface area contributed by atoms with Gasteiger partial charge in [-0.25, -0.2) is 4.98 Å². The average molecular weight is 392 g/mol. The van der Waals surface area contributed by atoms with Gasteiger partial charge >= 0.3 is 0 Å². The Balaban J connectivity index is 1.39. The summed E-state index contributed by atoms with van der Waals surface area (Å²) in [5, 5.41) is 0.977. The van der Waals surface area contributed by atoms with Crippen molar-refractivity contribution in [3.05, 3.63) is 36.0 Å². The van der Waals surface area contributed by atoms with Gasteiger partial charge in [-0.15, -0.1) is 0 Å². The van der Waals surface area contributed by atoms with Crippen LogP contribution in [0.3, 0.4) is 0 Å². The van der Waals surface area contributed by atoms with Gasteiger partial charge in [0.1, 0.15) is 17.0 Å². The number of nitrogens with zero attached hydrogens (tertiary/aromatic N) is 1. The number of hydrogen-bond acceptors (Lipinski definition) is 4. The molecule has 4 bridgehead atoms. The molecule has 0 spiro atoms. The van der Waals surface area contributed by atoms with Gasteiger partial charge in [0.25, 0.3) is 0 Å². The van der Waals surface area contributed by atoms with Gasteiger partial charge in [0.05, 0.1) is 6.61 Å². The van der Waals surface area contributed by atoms with Crippen molar-refractivity contribution in [2.24, 2.45) is 34.8 Å². The Hall–Kier alpha value is -2.43. The van der Waals surface area contributed by atoms with E-state index in [0.29, 0.717) is 42.4 Å². The number of para-hydroxylation sites is 1. The van der Waals surface area contributed by atoms with Crippen LogP contribution < -0.4 is 10.5 Å². The molecular formula is C24H28N2O3. The molecule has 1 amide bonds. The zero-order valence-electron chi connectivity index (χ0n) is 16.9. The largest absolute Gasteiger partial charge is 0.492 e. The molecule has 1 aromatic heterocycles. The summed E-state index contributed by atoms with van der Waals surface area (Å²) >= 11 is 0. The topological polar surface area (TPSA) is 82.3 Å². The zero-order valence-corrected chi connectivity index (χ0v) is 16.9. The standard InChI is InChI=1S/C24H28N2O3/c1-2-29-21-5-3-4-15-6-7-19(26-22(15)21)20(27)10-18-16-8-14-9-17(18)13-24(11-14,12-16)23(25)28/h3-7,14,16-18H,2,8-13H2,1H3,(H2,25,28). The van der Waals surface area contributed by atoms with E-state index in [0.717, 1.165) is 48.8 Å². The summed E-state index contributed by atoms with van der Waals surface area (Å²) in [6, 6.07) is 9.62. The van der Waals surface area contributed by atoms with E-state index < -0.39 is 0 Å². The number of ether oxygens (including phenoxy) is 1. The van der Waals surface area contributed by atoms with E-state index in [9.17, 15) is 9.59 Å². The predicted molar refractivity (Wildman–Crippen MR) is 111 cm³/mol. The third-order valence-electron chi connectivity index (χ3n) is 7.68. The molecule has 5 nitrogen and oxygen atoms in total. The fourth-order valence-corrected chi connectivity index (χ4v) is 6.63. The van der Waals surface area contributed by atoms with Crippen molar-refractivity contribution in [1.29, 1.82) is 0 Å². The zero-order chi connectivity index (χ0) is 20.2. The molecule has 4 aliphatic carbocycles. The third-order valence-corrected chi connectivity index (χ3v) is 7.68. The summed E-state index contributed by atoms with van der Waals surface area (Å²) in [5.41, 5.74) is 6.76. The summed E-state index contributed by atoms with van der Waals surface area (Å²) < 4.78 is 5.70. The van der Waals surface area contributed by atoms with Crippen molar-refractivity contribution in [3.8, 4) is 5.75 Å². The summed E-state index contributed by atoms with van der Waals surface area (Å²) in [4.78, 5) is 30.0. The molecule has 152 valence electrons. The number of ketones is 1. The van der Waals surface area contributed by atoms with Crippen LogP contribution in [0.15, 0.2) is 30.3 Å². The fourth-order valence-electron chi connectivity index (χ4n) is 6.63. The number of hydrogen-bond donors (Lipinski definition) is 1. The first-order chi connectivity index (χ1) is 14.0. The summed E-state index contributed by atoms with van der Waals surface area (Å²) in [7, 11) is 0. The van der Waals surface area contributed by atoms with Crippen molar-refractivity contribution >= 4 is 22.6 Å². The van der Waals surface area contributed by atoms with E-state index >= 15 is 0 Å². The monoisotopic (exact) mass is 392 g/mol. The number of aromatic nitrogens is 1. The number of benzene rings is 1. The number of rotatable bonds is 6. The Morgan fingerprint density at radius 3 is 2.59 bits per heavy atom. The van der Waals surface area contributed by atoms with Gasteiger partial charge in [0.2, 0.25) is 5.91 Å². The van der Waals surface area contributed by atoms with Crippen molar-refractivity contribution in [2.45, 2.75) is 45.4 Å². The van der Waals surface area contributed by atoms with Gasteiger partial charge in [-0.05, 0) is 74.8 Å². The van der Waals surface area contributed by atoms with Gasteiger partial charge in [-0.2, -0.15) is 0 Å². The lowest BCUT2D eigenvalue weighted by Gasteiger charge is -2.58. The number of nitrogens with two attached hydrogens (primary N) is 1. The van der Waals surface area contributed by atoms with Gasteiger partial charge in [0.15, 0.2) is 5.78 Å². The quantitative estimate of drug-likeness (QED) is 0.749. The number of primary amides is 1. The van der Waals surface area contributed by atoms with E-state index in [4.69, 9.17) is 10.5 Å². The van der Waals surface area contributed by atoms with E-state index in [2.05, 4.69) is 4.98 Å². The second kappa shape index (κ2) is 6.82. The van der Waals surface area contributed by atoms with Crippen LogP contribution in [0, 0.1) is 29.1 Å². The van der Waals surface area contributed by atoms with Crippen LogP contribution in [0.4, 0.5) is 0 Å². The maximum Gasteiger partial charge on any atom is 0.223 e. The maximum absolute atomic E-state index is 13.2.